The fourth-order valence-electron chi connectivity index (χ4n) is 3.21. The molecular formula is C24H33N3O2. The molecule has 2 amide bonds. The standard InChI is InChI=1S/C24H33N3O2/c1-7-26(8-2)21-13-15-22(16-14-21)27(18(3)28)17-23(29)25-20-11-9-19(10-12-20)24(4,5)6/h9-16H,7-8,17H2,1-6H3,(H,25,29). The molecule has 0 spiro atoms. The molecule has 0 aromatic heterocycles. The quantitative estimate of drug-likeness (QED) is 0.731. The van der Waals surface area contributed by atoms with Gasteiger partial charge in [-0.05, 0) is 61.2 Å². The van der Waals surface area contributed by atoms with Crippen LogP contribution in [0.25, 0.3) is 0 Å². The molecular weight excluding hydrogens is 362 g/mol. The molecule has 0 fully saturated rings. The van der Waals surface area contributed by atoms with Gasteiger partial charge in [0.15, 0.2) is 0 Å². The predicted octanol–water partition coefficient (Wildman–Crippen LogP) is 4.82. The number of nitrogens with zero attached hydrogens (tertiary/aromatic N) is 2. The van der Waals surface area contributed by atoms with Crippen molar-refractivity contribution in [2.24, 2.45) is 0 Å². The maximum absolute atomic E-state index is 12.5. The van der Waals surface area contributed by atoms with Gasteiger partial charge in [0.25, 0.3) is 0 Å². The number of hydrogen-bond donors (Lipinski definition) is 1. The number of hydrogen-bond acceptors (Lipinski definition) is 3. The third-order valence-electron chi connectivity index (χ3n) is 5.01. The minimum Gasteiger partial charge on any atom is -0.372 e. The van der Waals surface area contributed by atoms with Crippen LogP contribution in [0.2, 0.25) is 0 Å². The summed E-state index contributed by atoms with van der Waals surface area (Å²) in [7, 11) is 0. The molecule has 0 aliphatic heterocycles. The van der Waals surface area contributed by atoms with Crippen molar-refractivity contribution in [3.8, 4) is 0 Å². The molecule has 0 radical (unpaired) electrons. The Labute approximate surface area is 174 Å². The van der Waals surface area contributed by atoms with Gasteiger partial charge in [0.05, 0.1) is 0 Å². The second-order valence-corrected chi connectivity index (χ2v) is 8.17. The van der Waals surface area contributed by atoms with Crippen LogP contribution >= 0.6 is 0 Å². The van der Waals surface area contributed by atoms with E-state index >= 15 is 0 Å². The van der Waals surface area contributed by atoms with Crippen molar-refractivity contribution in [2.45, 2.75) is 47.0 Å². The zero-order valence-corrected chi connectivity index (χ0v) is 18.5. The van der Waals surface area contributed by atoms with Gasteiger partial charge in [0.1, 0.15) is 6.54 Å². The summed E-state index contributed by atoms with van der Waals surface area (Å²) in [4.78, 5) is 28.4. The Morgan fingerprint density at radius 3 is 1.83 bits per heavy atom. The monoisotopic (exact) mass is 395 g/mol. The van der Waals surface area contributed by atoms with Gasteiger partial charge < -0.3 is 15.1 Å². The molecule has 0 saturated carbocycles. The Bertz CT molecular complexity index is 817. The van der Waals surface area contributed by atoms with Crippen LogP contribution < -0.4 is 15.1 Å². The fourth-order valence-corrected chi connectivity index (χ4v) is 3.21. The third-order valence-corrected chi connectivity index (χ3v) is 5.01. The van der Waals surface area contributed by atoms with Crippen molar-refractivity contribution in [1.82, 2.24) is 0 Å². The normalized spacial score (nSPS) is 11.1. The third kappa shape index (κ3) is 6.08. The Kier molecular flexibility index (Phi) is 7.43. The van der Waals surface area contributed by atoms with Crippen LogP contribution in [0.5, 0.6) is 0 Å². The van der Waals surface area contributed by atoms with Crippen LogP contribution in [0.15, 0.2) is 48.5 Å². The van der Waals surface area contributed by atoms with E-state index < -0.39 is 0 Å². The Morgan fingerprint density at radius 1 is 0.862 bits per heavy atom. The van der Waals surface area contributed by atoms with Crippen LogP contribution in [0.4, 0.5) is 17.1 Å². The molecule has 0 bridgehead atoms. The topological polar surface area (TPSA) is 52.6 Å². The summed E-state index contributed by atoms with van der Waals surface area (Å²) in [6, 6.07) is 15.6. The van der Waals surface area contributed by atoms with Crippen LogP contribution in [-0.2, 0) is 15.0 Å². The number of benzene rings is 2. The van der Waals surface area contributed by atoms with Gasteiger partial charge in [-0.3, -0.25) is 9.59 Å². The molecule has 0 heterocycles. The first-order chi connectivity index (χ1) is 13.7. The Morgan fingerprint density at radius 2 is 1.38 bits per heavy atom. The Hall–Kier alpha value is -2.82. The van der Waals surface area contributed by atoms with Gasteiger partial charge >= 0.3 is 0 Å². The summed E-state index contributed by atoms with van der Waals surface area (Å²) in [5.41, 5.74) is 3.81. The van der Waals surface area contributed by atoms with E-state index in [-0.39, 0.29) is 23.8 Å². The average molecular weight is 396 g/mol. The number of amides is 2. The summed E-state index contributed by atoms with van der Waals surface area (Å²) in [6.07, 6.45) is 0. The lowest BCUT2D eigenvalue weighted by Crippen LogP contribution is -2.36. The van der Waals surface area contributed by atoms with E-state index in [9.17, 15) is 9.59 Å². The number of anilines is 3. The van der Waals surface area contributed by atoms with Crippen LogP contribution in [0, 0.1) is 0 Å². The summed E-state index contributed by atoms with van der Waals surface area (Å²) >= 11 is 0. The lowest BCUT2D eigenvalue weighted by molar-refractivity contribution is -0.120. The highest BCUT2D eigenvalue weighted by atomic mass is 16.2. The minimum atomic E-state index is -0.225. The van der Waals surface area contributed by atoms with Gasteiger partial charge in [-0.2, -0.15) is 0 Å². The zero-order chi connectivity index (χ0) is 21.6. The Balaban J connectivity index is 2.08. The molecule has 0 aliphatic rings. The minimum absolute atomic E-state index is 0.0268. The van der Waals surface area contributed by atoms with Crippen molar-refractivity contribution in [3.63, 3.8) is 0 Å². The lowest BCUT2D eigenvalue weighted by Gasteiger charge is -2.24. The van der Waals surface area contributed by atoms with E-state index in [0.29, 0.717) is 5.69 Å². The maximum Gasteiger partial charge on any atom is 0.244 e. The molecule has 2 aromatic rings. The number of nitrogens with one attached hydrogen (secondary N) is 1. The van der Waals surface area contributed by atoms with E-state index in [1.807, 2.05) is 48.5 Å². The highest BCUT2D eigenvalue weighted by molar-refractivity contribution is 6.01. The number of rotatable bonds is 7. The summed E-state index contributed by atoms with van der Waals surface area (Å²) < 4.78 is 0. The second-order valence-electron chi connectivity index (χ2n) is 8.17. The molecule has 29 heavy (non-hydrogen) atoms. The first-order valence-electron chi connectivity index (χ1n) is 10.2. The molecule has 1 N–H and O–H groups in total. The molecule has 0 atom stereocenters. The van der Waals surface area contributed by atoms with E-state index in [2.05, 4.69) is 44.8 Å². The van der Waals surface area contributed by atoms with Crippen molar-refractivity contribution >= 4 is 28.9 Å². The van der Waals surface area contributed by atoms with E-state index in [0.717, 1.165) is 24.5 Å². The van der Waals surface area contributed by atoms with Crippen LogP contribution in [0.3, 0.4) is 0 Å². The van der Waals surface area contributed by atoms with Crippen LogP contribution in [-0.4, -0.2) is 31.4 Å². The van der Waals surface area contributed by atoms with E-state index in [1.54, 1.807) is 0 Å². The van der Waals surface area contributed by atoms with Crippen LogP contribution in [0.1, 0.15) is 47.1 Å². The zero-order valence-electron chi connectivity index (χ0n) is 18.5. The van der Waals surface area contributed by atoms with E-state index in [4.69, 9.17) is 0 Å². The van der Waals surface area contributed by atoms with Gasteiger partial charge in [0.2, 0.25) is 11.8 Å². The van der Waals surface area contributed by atoms with Crippen molar-refractivity contribution in [2.75, 3.05) is 34.8 Å². The highest BCUT2D eigenvalue weighted by Crippen LogP contribution is 2.24. The van der Waals surface area contributed by atoms with Gasteiger partial charge in [-0.1, -0.05) is 32.9 Å². The molecule has 2 aromatic carbocycles. The predicted molar refractivity (Wildman–Crippen MR) is 122 cm³/mol. The fraction of sp³-hybridized carbons (Fsp3) is 0.417. The molecule has 2 rings (SSSR count). The van der Waals surface area contributed by atoms with Crippen molar-refractivity contribution < 1.29 is 9.59 Å². The summed E-state index contributed by atoms with van der Waals surface area (Å²) in [5, 5.41) is 2.88. The number of carbonyl (C=O) groups excluding carboxylic acids is 2. The maximum atomic E-state index is 12.5. The molecule has 156 valence electrons. The highest BCUT2D eigenvalue weighted by Gasteiger charge is 2.17. The van der Waals surface area contributed by atoms with E-state index in [1.165, 1.54) is 17.4 Å². The van der Waals surface area contributed by atoms with Crippen molar-refractivity contribution in [1.29, 1.82) is 0 Å². The smallest absolute Gasteiger partial charge is 0.244 e. The summed E-state index contributed by atoms with van der Waals surface area (Å²) in [5.74, 6) is -0.393. The van der Waals surface area contributed by atoms with Gasteiger partial charge in [0, 0.05) is 37.1 Å². The second kappa shape index (κ2) is 9.59. The molecule has 0 aliphatic carbocycles. The lowest BCUT2D eigenvalue weighted by atomic mass is 9.87. The summed E-state index contributed by atoms with van der Waals surface area (Å²) in [6.45, 7) is 14.0. The van der Waals surface area contributed by atoms with Gasteiger partial charge in [-0.25, -0.2) is 0 Å². The largest absolute Gasteiger partial charge is 0.372 e. The first kappa shape index (κ1) is 22.5. The van der Waals surface area contributed by atoms with Gasteiger partial charge in [-0.15, -0.1) is 0 Å². The first-order valence-corrected chi connectivity index (χ1v) is 10.2. The molecule has 0 unspecified atom stereocenters. The SMILES string of the molecule is CCN(CC)c1ccc(N(CC(=O)Nc2ccc(C(C)(C)C)cc2)C(C)=O)cc1. The number of carbonyl (C=O) groups is 2. The molecule has 0 saturated heterocycles. The molecule has 5 heteroatoms. The average Bonchev–Trinajstić information content (AvgIpc) is 2.67. The van der Waals surface area contributed by atoms with Crippen molar-refractivity contribution in [3.05, 3.63) is 54.1 Å². The molecule has 5 nitrogen and oxygen atoms in total.